The number of ether oxygens (including phenoxy) is 1. The van der Waals surface area contributed by atoms with Gasteiger partial charge in [0.2, 0.25) is 0 Å². The minimum absolute atomic E-state index is 0.0684. The van der Waals surface area contributed by atoms with E-state index in [2.05, 4.69) is 32.3 Å². The van der Waals surface area contributed by atoms with Gasteiger partial charge in [-0.1, -0.05) is 19.8 Å². The average Bonchev–Trinajstić information content (AvgIpc) is 3.62. The Morgan fingerprint density at radius 3 is 2.82 bits per heavy atom. The normalized spacial score (nSPS) is 15.4. The second-order valence-corrected chi connectivity index (χ2v) is 8.91. The summed E-state index contributed by atoms with van der Waals surface area (Å²) >= 11 is 0. The van der Waals surface area contributed by atoms with Crippen LogP contribution in [0, 0.1) is 0 Å². The number of methoxy groups -OCH3 is 1. The highest BCUT2D eigenvalue weighted by atomic mass is 16.5. The van der Waals surface area contributed by atoms with Crippen molar-refractivity contribution in [2.45, 2.75) is 64.2 Å². The molecule has 0 saturated heterocycles. The van der Waals surface area contributed by atoms with Crippen molar-refractivity contribution in [1.29, 1.82) is 0 Å². The maximum absolute atomic E-state index is 13.0. The lowest BCUT2D eigenvalue weighted by Gasteiger charge is -2.30. The zero-order chi connectivity index (χ0) is 23.5. The molecule has 1 aromatic carbocycles. The van der Waals surface area contributed by atoms with Gasteiger partial charge in [0, 0.05) is 23.0 Å². The largest absolute Gasteiger partial charge is 0.497 e. The highest BCUT2D eigenvalue weighted by molar-refractivity contribution is 5.80. The molecule has 0 bridgehead atoms. The molecule has 1 saturated carbocycles. The van der Waals surface area contributed by atoms with E-state index >= 15 is 0 Å². The molecule has 4 aromatic rings. The maximum Gasteiger partial charge on any atom is 0.252 e. The van der Waals surface area contributed by atoms with Crippen LogP contribution in [0.25, 0.3) is 10.9 Å². The van der Waals surface area contributed by atoms with Crippen LogP contribution in [0.4, 0.5) is 0 Å². The zero-order valence-corrected chi connectivity index (χ0v) is 19.6. The van der Waals surface area contributed by atoms with E-state index in [9.17, 15) is 4.79 Å². The smallest absolute Gasteiger partial charge is 0.252 e. The van der Waals surface area contributed by atoms with E-state index in [1.54, 1.807) is 13.4 Å². The molecular weight excluding hydrogens is 432 g/mol. The molecule has 0 radical (unpaired) electrons. The fourth-order valence-electron chi connectivity index (χ4n) is 5.01. The van der Waals surface area contributed by atoms with Crippen LogP contribution >= 0.6 is 0 Å². The second-order valence-electron chi connectivity index (χ2n) is 8.91. The third-order valence-corrected chi connectivity index (χ3v) is 6.76. The molecule has 3 heterocycles. The van der Waals surface area contributed by atoms with Crippen LogP contribution in [0.1, 0.15) is 68.3 Å². The van der Waals surface area contributed by atoms with E-state index < -0.39 is 0 Å². The van der Waals surface area contributed by atoms with E-state index in [1.165, 1.54) is 12.8 Å². The first-order valence-electron chi connectivity index (χ1n) is 11.9. The highest BCUT2D eigenvalue weighted by Crippen LogP contribution is 2.33. The highest BCUT2D eigenvalue weighted by Gasteiger charge is 2.30. The number of H-pyrrole nitrogens is 1. The SMILES string of the molecule is CC[C@@H](c1nnnn1C1CCCC1)N(Cc1ccco1)Cc1cc2cc(OC)ccc2[nH]c1=O. The van der Waals surface area contributed by atoms with Crippen molar-refractivity contribution in [2.24, 2.45) is 0 Å². The summed E-state index contributed by atoms with van der Waals surface area (Å²) < 4.78 is 13.0. The molecule has 178 valence electrons. The van der Waals surface area contributed by atoms with E-state index in [-0.39, 0.29) is 11.6 Å². The Kier molecular flexibility index (Phi) is 6.44. The van der Waals surface area contributed by atoms with Gasteiger partial charge in [-0.05, 0) is 66.1 Å². The van der Waals surface area contributed by atoms with E-state index in [0.717, 1.165) is 47.5 Å². The maximum atomic E-state index is 13.0. The summed E-state index contributed by atoms with van der Waals surface area (Å²) in [6, 6.07) is 11.7. The van der Waals surface area contributed by atoms with Crippen LogP contribution in [0.3, 0.4) is 0 Å². The van der Waals surface area contributed by atoms with Crippen LogP contribution in [-0.4, -0.2) is 37.2 Å². The van der Waals surface area contributed by atoms with Crippen molar-refractivity contribution >= 4 is 10.9 Å². The molecule has 1 aliphatic rings. The van der Waals surface area contributed by atoms with Crippen LogP contribution < -0.4 is 10.3 Å². The van der Waals surface area contributed by atoms with Crippen LogP contribution in [0.2, 0.25) is 0 Å². The fourth-order valence-corrected chi connectivity index (χ4v) is 5.01. The molecule has 0 unspecified atom stereocenters. The summed E-state index contributed by atoms with van der Waals surface area (Å²) in [5, 5.41) is 13.8. The van der Waals surface area contributed by atoms with Crippen molar-refractivity contribution < 1.29 is 9.15 Å². The monoisotopic (exact) mass is 462 g/mol. The summed E-state index contributed by atoms with van der Waals surface area (Å²) in [6.45, 7) is 3.10. The van der Waals surface area contributed by atoms with Gasteiger partial charge in [-0.15, -0.1) is 5.10 Å². The molecular formula is C25H30N6O3. The minimum Gasteiger partial charge on any atom is -0.497 e. The standard InChI is InChI=1S/C25H30N6O3/c1-3-23(24-27-28-29-31(24)19-7-4-5-8-19)30(16-21-9-6-12-34-21)15-18-13-17-14-20(33-2)10-11-22(17)26-25(18)32/h6,9-14,19,23H,3-5,7-8,15-16H2,1-2H3,(H,26,32)/t23-/m0/s1. The zero-order valence-electron chi connectivity index (χ0n) is 19.6. The van der Waals surface area contributed by atoms with E-state index in [0.29, 0.717) is 24.7 Å². The number of hydrogen-bond acceptors (Lipinski definition) is 7. The molecule has 1 aliphatic carbocycles. The fraction of sp³-hybridized carbons (Fsp3) is 0.440. The quantitative estimate of drug-likeness (QED) is 0.394. The van der Waals surface area contributed by atoms with Crippen LogP contribution in [-0.2, 0) is 13.1 Å². The molecule has 9 nitrogen and oxygen atoms in total. The van der Waals surface area contributed by atoms with Crippen LogP contribution in [0.15, 0.2) is 51.9 Å². The number of aromatic nitrogens is 5. The predicted molar refractivity (Wildman–Crippen MR) is 127 cm³/mol. The topological polar surface area (TPSA) is 102 Å². The lowest BCUT2D eigenvalue weighted by atomic mass is 10.1. The van der Waals surface area contributed by atoms with Crippen molar-refractivity contribution in [3.63, 3.8) is 0 Å². The average molecular weight is 463 g/mol. The van der Waals surface area contributed by atoms with Crippen molar-refractivity contribution in [3.05, 3.63) is 70.2 Å². The Morgan fingerprint density at radius 2 is 2.09 bits per heavy atom. The Bertz CT molecular complexity index is 1290. The molecule has 34 heavy (non-hydrogen) atoms. The second kappa shape index (κ2) is 9.80. The number of benzene rings is 1. The molecule has 0 spiro atoms. The number of aromatic amines is 1. The number of rotatable bonds is 9. The Labute approximate surface area is 197 Å². The molecule has 1 atom stereocenters. The van der Waals surface area contributed by atoms with Gasteiger partial charge in [0.1, 0.15) is 11.5 Å². The number of nitrogens with zero attached hydrogens (tertiary/aromatic N) is 5. The molecule has 0 amide bonds. The van der Waals surface area contributed by atoms with Gasteiger partial charge < -0.3 is 14.1 Å². The molecule has 5 rings (SSSR count). The molecule has 0 aliphatic heterocycles. The Hall–Kier alpha value is -3.46. The van der Waals surface area contributed by atoms with E-state index in [4.69, 9.17) is 9.15 Å². The number of fused-ring (bicyclic) bond motifs is 1. The number of furan rings is 1. The lowest BCUT2D eigenvalue weighted by Crippen LogP contribution is -2.32. The number of tetrazole rings is 1. The van der Waals surface area contributed by atoms with Gasteiger partial charge in [-0.25, -0.2) is 4.68 Å². The summed E-state index contributed by atoms with van der Waals surface area (Å²) in [5.41, 5.74) is 1.35. The van der Waals surface area contributed by atoms with Crippen molar-refractivity contribution in [2.75, 3.05) is 7.11 Å². The third-order valence-electron chi connectivity index (χ3n) is 6.76. The Morgan fingerprint density at radius 1 is 1.24 bits per heavy atom. The first-order chi connectivity index (χ1) is 16.7. The van der Waals surface area contributed by atoms with Gasteiger partial charge in [-0.3, -0.25) is 9.69 Å². The number of nitrogens with one attached hydrogen (secondary N) is 1. The summed E-state index contributed by atoms with van der Waals surface area (Å²) in [5.74, 6) is 2.43. The van der Waals surface area contributed by atoms with Gasteiger partial charge in [0.25, 0.3) is 5.56 Å². The first-order valence-corrected chi connectivity index (χ1v) is 11.9. The van der Waals surface area contributed by atoms with E-state index in [1.807, 2.05) is 41.1 Å². The molecule has 9 heteroatoms. The van der Waals surface area contributed by atoms with Crippen molar-refractivity contribution in [3.8, 4) is 5.75 Å². The van der Waals surface area contributed by atoms with Crippen molar-refractivity contribution in [1.82, 2.24) is 30.1 Å². The van der Waals surface area contributed by atoms with Crippen LogP contribution in [0.5, 0.6) is 5.75 Å². The number of hydrogen-bond donors (Lipinski definition) is 1. The summed E-state index contributed by atoms with van der Waals surface area (Å²) in [4.78, 5) is 18.3. The minimum atomic E-state index is -0.104. The summed E-state index contributed by atoms with van der Waals surface area (Å²) in [6.07, 6.45) is 7.07. The first kappa shape index (κ1) is 22.3. The van der Waals surface area contributed by atoms with Gasteiger partial charge >= 0.3 is 0 Å². The van der Waals surface area contributed by atoms with Gasteiger partial charge in [0.05, 0.1) is 32.0 Å². The molecule has 3 aromatic heterocycles. The Balaban J connectivity index is 1.52. The number of pyridine rings is 1. The van der Waals surface area contributed by atoms with Gasteiger partial charge in [0.15, 0.2) is 5.82 Å². The lowest BCUT2D eigenvalue weighted by molar-refractivity contribution is 0.146. The van der Waals surface area contributed by atoms with Gasteiger partial charge in [-0.2, -0.15) is 0 Å². The summed E-state index contributed by atoms with van der Waals surface area (Å²) in [7, 11) is 1.64. The molecule has 1 fully saturated rings. The molecule has 1 N–H and O–H groups in total. The third kappa shape index (κ3) is 4.48. The predicted octanol–water partition coefficient (Wildman–Crippen LogP) is 4.38.